The zero-order chi connectivity index (χ0) is 51.8. The van der Waals surface area contributed by atoms with Gasteiger partial charge in [-0.2, -0.15) is 0 Å². The van der Waals surface area contributed by atoms with Crippen molar-refractivity contribution in [2.24, 2.45) is 5.89 Å². The lowest BCUT2D eigenvalue weighted by Gasteiger charge is -2.10. The Labute approximate surface area is 205 Å². The highest BCUT2D eigenvalue weighted by Crippen LogP contribution is 2.18. The van der Waals surface area contributed by atoms with E-state index >= 15 is 0 Å². The van der Waals surface area contributed by atoms with Crippen molar-refractivity contribution in [3.8, 4) is 0 Å². The smallest absolute Gasteiger partial charge is 0.303 e. The van der Waals surface area contributed by atoms with Gasteiger partial charge in [0.05, 0.1) is 0 Å². The molecular formula is C22H44O2. The van der Waals surface area contributed by atoms with Crippen LogP contribution in [0.2, 0.25) is 0 Å². The van der Waals surface area contributed by atoms with Crippen LogP contribution >= 0.6 is 0 Å². The zero-order valence-corrected chi connectivity index (χ0v) is 12.6. The highest BCUT2D eigenvalue weighted by atomic mass is 16.4. The molecule has 0 aromatic heterocycles. The molecule has 0 bridgehead atoms. The Bertz CT molecular complexity index is 1660. The van der Waals surface area contributed by atoms with E-state index in [2.05, 4.69) is 0 Å². The topological polar surface area (TPSA) is 37.3 Å². The van der Waals surface area contributed by atoms with Crippen molar-refractivity contribution in [3.05, 3.63) is 0 Å². The van der Waals surface area contributed by atoms with E-state index in [4.69, 9.17) is 57.2 Å². The molecule has 0 aliphatic carbocycles. The highest BCUT2D eigenvalue weighted by Gasteiger charge is 2.03. The minimum absolute atomic E-state index is 0.0977. The number of carboxylic acid groups (broad SMARTS) is 1. The van der Waals surface area contributed by atoms with Crippen molar-refractivity contribution < 1.29 is 62.0 Å². The van der Waals surface area contributed by atoms with E-state index < -0.39 is 133 Å². The molecule has 0 heterocycles. The fourth-order valence-corrected chi connectivity index (χ4v) is 0.774. The predicted octanol–water partition coefficient (Wildman–Crippen LogP) is 7.75. The number of carbonyl (C=O) groups is 1. The largest absolute Gasteiger partial charge is 0.481 e. The molecule has 0 fully saturated rings. The monoisotopic (exact) mass is 379 g/mol. The van der Waals surface area contributed by atoms with Gasteiger partial charge in [0, 0.05) is 58.5 Å². The molecule has 144 valence electrons. The summed E-state index contributed by atoms with van der Waals surface area (Å²) in [6, 6.07) is 0. The highest BCUT2D eigenvalue weighted by molar-refractivity contribution is 5.66. The lowest BCUT2D eigenvalue weighted by atomic mass is 9.96. The van der Waals surface area contributed by atoms with Crippen LogP contribution in [0.5, 0.6) is 0 Å². The Balaban J connectivity index is 7.71. The number of hydrogen-bond donors (Lipinski definition) is 1. The van der Waals surface area contributed by atoms with Gasteiger partial charge in [-0.1, -0.05) is 116 Å². The van der Waals surface area contributed by atoms with Crippen LogP contribution in [0.25, 0.3) is 0 Å². The maximum absolute atomic E-state index is 11.5. The number of rotatable bonds is 19. The van der Waals surface area contributed by atoms with Gasteiger partial charge < -0.3 is 5.11 Å². The molecule has 2 heteroatoms. The standard InChI is InChI=1S/C22H44O2/c1-3-4-5-6-7-8-9-10-11-12-13-14-15-18-21(2)19-16-17-20-22(23)24/h21H,3-20H2,1-2H3,(H,23,24)/i1D3,3D2,4D2,5D2,6D2,7D2,9D2,10D2,11D2,12D2,13D2,14D2,15D2,16D2,17D2,18D2,19D2,20D2,21D. The summed E-state index contributed by atoms with van der Waals surface area (Å²) in [7, 11) is 0. The third kappa shape index (κ3) is 19.5. The lowest BCUT2D eigenvalue weighted by Crippen LogP contribution is -1.98. The van der Waals surface area contributed by atoms with Crippen LogP contribution in [0.3, 0.4) is 0 Å². The molecule has 0 aromatic carbocycles. The molecule has 1 unspecified atom stereocenters. The van der Waals surface area contributed by atoms with Crippen LogP contribution in [0.15, 0.2) is 0 Å². The van der Waals surface area contributed by atoms with Gasteiger partial charge in [0.1, 0.15) is 0 Å². The second-order valence-electron chi connectivity index (χ2n) is 3.34. The van der Waals surface area contributed by atoms with Crippen LogP contribution in [-0.4, -0.2) is 11.1 Å². The van der Waals surface area contributed by atoms with Gasteiger partial charge in [-0.3, -0.25) is 4.79 Å². The molecule has 0 rings (SSSR count). The average Bonchev–Trinajstić information content (AvgIpc) is 3.01. The molecule has 0 amide bonds. The summed E-state index contributed by atoms with van der Waals surface area (Å²) in [6.45, 7) is -4.17. The summed E-state index contributed by atoms with van der Waals surface area (Å²) in [5, 5.41) is 9.16. The number of hydrogen-bond acceptors (Lipinski definition) is 1. The number of carboxylic acids is 1. The minimum atomic E-state index is -5.16. The van der Waals surface area contributed by atoms with Gasteiger partial charge in [-0.25, -0.2) is 0 Å². The molecule has 24 heavy (non-hydrogen) atoms. The molecule has 0 aliphatic rings. The Kier molecular flexibility index (Phi) is 2.54. The molecule has 0 saturated heterocycles. The first-order chi connectivity index (χ1) is 25.9. The fraction of sp³-hybridized carbons (Fsp3) is 0.955. The van der Waals surface area contributed by atoms with Crippen molar-refractivity contribution in [2.75, 3.05) is 0 Å². The van der Waals surface area contributed by atoms with E-state index in [-0.39, 0.29) is 6.92 Å². The molecule has 0 radical (unpaired) electrons. The van der Waals surface area contributed by atoms with Gasteiger partial charge in [0.15, 0.2) is 0 Å². The van der Waals surface area contributed by atoms with Crippen LogP contribution in [0, 0.1) is 5.89 Å². The van der Waals surface area contributed by atoms with Crippen molar-refractivity contribution in [2.45, 2.75) is 129 Å². The molecule has 2 nitrogen and oxygen atoms in total. The van der Waals surface area contributed by atoms with Crippen molar-refractivity contribution in [3.63, 3.8) is 0 Å². The van der Waals surface area contributed by atoms with E-state index in [9.17, 15) is 4.79 Å². The van der Waals surface area contributed by atoms with Crippen LogP contribution in [0.4, 0.5) is 0 Å². The fourth-order valence-electron chi connectivity index (χ4n) is 0.774. The van der Waals surface area contributed by atoms with Gasteiger partial charge in [-0.15, -0.1) is 0 Å². The lowest BCUT2D eigenvalue weighted by molar-refractivity contribution is -0.137. The first-order valence-electron chi connectivity index (χ1n) is 25.1. The summed E-state index contributed by atoms with van der Waals surface area (Å²) in [6.07, 6.45) is -83.5. The minimum Gasteiger partial charge on any atom is -0.481 e. The molecule has 1 N–H and O–H groups in total. The molecule has 0 saturated carbocycles. The SMILES string of the molecule is [2H]C([2H])([2H])C([2H])([2H])C([2H])([2H])C([2H])([2H])C([2H])([2H])C([2H])([2H])CC([2H])([2H])C([2H])([2H])C([2H])([2H])C([2H])([2H])C([2H])([2H])C([2H])([2H])C([2H])([2H])C([2H])([2H])C([2H])(C)C([2H])([2H])C([2H])([2H])C([2H])([2H])C([2H])([2H])C(=O)O. The quantitative estimate of drug-likeness (QED) is 0.249. The molecule has 0 spiro atoms. The van der Waals surface area contributed by atoms with Crippen LogP contribution in [-0.2, 0) is 4.79 Å². The molecule has 1 atom stereocenters. The van der Waals surface area contributed by atoms with Crippen molar-refractivity contribution in [1.29, 1.82) is 0 Å². The van der Waals surface area contributed by atoms with E-state index in [0.29, 0.717) is 0 Å². The summed E-state index contributed by atoms with van der Waals surface area (Å²) in [5.41, 5.74) is 0. The molecule has 0 aromatic rings. The average molecular weight is 379 g/mol. The molecule has 0 aliphatic heterocycles. The van der Waals surface area contributed by atoms with Crippen molar-refractivity contribution in [1.82, 2.24) is 0 Å². The Morgan fingerprint density at radius 2 is 1.38 bits per heavy atom. The first kappa shape index (κ1) is 3.24. The number of aliphatic carboxylic acids is 1. The van der Waals surface area contributed by atoms with Crippen LogP contribution < -0.4 is 0 Å². The summed E-state index contributed by atoms with van der Waals surface area (Å²) in [5.74, 6) is -7.16. The maximum atomic E-state index is 11.5. The third-order valence-electron chi connectivity index (χ3n) is 1.59. The first-order valence-corrected chi connectivity index (χ1v) is 6.13. The zero-order valence-electron chi connectivity index (χ0n) is 50.6. The summed E-state index contributed by atoms with van der Waals surface area (Å²) < 4.78 is 306. The Hall–Kier alpha value is -0.530. The third-order valence-corrected chi connectivity index (χ3v) is 1.59. The predicted molar refractivity (Wildman–Crippen MR) is 106 cm³/mol. The second-order valence-corrected chi connectivity index (χ2v) is 3.34. The summed E-state index contributed by atoms with van der Waals surface area (Å²) >= 11 is 0. The van der Waals surface area contributed by atoms with Crippen molar-refractivity contribution >= 4 is 5.97 Å². The van der Waals surface area contributed by atoms with Gasteiger partial charge in [0.2, 0.25) is 0 Å². The van der Waals surface area contributed by atoms with E-state index in [0.717, 1.165) is 0 Å². The van der Waals surface area contributed by atoms with Gasteiger partial charge >= 0.3 is 5.97 Å². The Morgan fingerprint density at radius 3 is 1.96 bits per heavy atom. The summed E-state index contributed by atoms with van der Waals surface area (Å²) in [4.78, 5) is 11.5. The van der Waals surface area contributed by atoms with Gasteiger partial charge in [0.25, 0.3) is 0 Å². The normalized spacial score (nSPS) is 47.9. The van der Waals surface area contributed by atoms with Crippen LogP contribution in [0.1, 0.15) is 181 Å². The molecular weight excluding hydrogens is 296 g/mol. The maximum Gasteiger partial charge on any atom is 0.303 e. The van der Waals surface area contributed by atoms with Gasteiger partial charge in [-0.05, 0) is 12.3 Å². The Morgan fingerprint density at radius 1 is 0.875 bits per heavy atom. The van der Waals surface area contributed by atoms with E-state index in [1.165, 1.54) is 0 Å². The second kappa shape index (κ2) is 18.8. The van der Waals surface area contributed by atoms with E-state index in [1.807, 2.05) is 0 Å². The van der Waals surface area contributed by atoms with E-state index in [1.54, 1.807) is 0 Å².